The van der Waals surface area contributed by atoms with Crippen molar-refractivity contribution >= 4 is 0 Å². The molecule has 0 amide bonds. The largest absolute Gasteiger partial charge is 0.371 e. The Bertz CT molecular complexity index is 91.8. The van der Waals surface area contributed by atoms with Crippen LogP contribution in [0.25, 0.3) is 0 Å². The fourth-order valence-electron chi connectivity index (χ4n) is 1.28. The molecule has 0 saturated heterocycles. The Morgan fingerprint density at radius 3 is 2.08 bits per heavy atom. The van der Waals surface area contributed by atoms with E-state index in [4.69, 9.17) is 0 Å². The van der Waals surface area contributed by atoms with Gasteiger partial charge in [0, 0.05) is 0 Å². The monoisotopic (exact) mass is 172 g/mol. The summed E-state index contributed by atoms with van der Waals surface area (Å²) in [5.41, 5.74) is 0. The normalized spacial score (nSPS) is 11.5. The highest BCUT2D eigenvalue weighted by Crippen LogP contribution is 2.13. The molecule has 2 heteroatoms. The Kier molecular flexibility index (Phi) is 7.51. The van der Waals surface area contributed by atoms with E-state index in [0.717, 1.165) is 25.9 Å². The quantitative estimate of drug-likeness (QED) is 0.597. The average Bonchev–Trinajstić information content (AvgIpc) is 2.07. The molecule has 73 valence electrons. The molecule has 0 rings (SSSR count). The highest BCUT2D eigenvalue weighted by atomic mass is 16.3. The zero-order chi connectivity index (χ0) is 9.40. The zero-order valence-corrected chi connectivity index (χ0v) is 8.64. The van der Waals surface area contributed by atoms with Crippen LogP contribution >= 0.6 is 0 Å². The van der Waals surface area contributed by atoms with Crippen LogP contribution in [0.4, 0.5) is 0 Å². The van der Waals surface area contributed by atoms with Gasteiger partial charge in [-0.05, 0) is 25.9 Å². The Morgan fingerprint density at radius 2 is 1.67 bits per heavy atom. The second kappa shape index (κ2) is 7.56. The van der Waals surface area contributed by atoms with Crippen LogP contribution in [0, 0.1) is 6.23 Å². The van der Waals surface area contributed by atoms with Crippen LogP contribution in [0.15, 0.2) is 0 Å². The lowest BCUT2D eigenvalue weighted by atomic mass is 10.2. The molecule has 0 saturated carbocycles. The second-order valence-electron chi connectivity index (χ2n) is 3.05. The van der Waals surface area contributed by atoms with Gasteiger partial charge in [-0.1, -0.05) is 33.6 Å². The van der Waals surface area contributed by atoms with Crippen molar-refractivity contribution in [2.75, 3.05) is 13.1 Å². The average molecular weight is 172 g/mol. The summed E-state index contributed by atoms with van der Waals surface area (Å²) in [6.45, 7) is 8.14. The maximum Gasteiger partial charge on any atom is 0.161 e. The molecule has 0 atom stereocenters. The van der Waals surface area contributed by atoms with Crippen LogP contribution in [0.2, 0.25) is 0 Å². The lowest BCUT2D eigenvalue weighted by Gasteiger charge is -2.23. The van der Waals surface area contributed by atoms with E-state index in [1.165, 1.54) is 12.8 Å². The van der Waals surface area contributed by atoms with E-state index in [0.29, 0.717) is 6.23 Å². The van der Waals surface area contributed by atoms with Crippen molar-refractivity contribution in [1.82, 2.24) is 4.90 Å². The Balaban J connectivity index is 3.47. The molecule has 0 aromatic heterocycles. The van der Waals surface area contributed by atoms with Gasteiger partial charge < -0.3 is 5.11 Å². The number of nitrogens with zero attached hydrogens (tertiary/aromatic N) is 1. The van der Waals surface area contributed by atoms with Crippen molar-refractivity contribution in [3.63, 3.8) is 0 Å². The Morgan fingerprint density at radius 1 is 1.08 bits per heavy atom. The van der Waals surface area contributed by atoms with E-state index >= 15 is 0 Å². The van der Waals surface area contributed by atoms with Gasteiger partial charge >= 0.3 is 0 Å². The zero-order valence-electron chi connectivity index (χ0n) is 8.64. The van der Waals surface area contributed by atoms with Crippen molar-refractivity contribution in [1.29, 1.82) is 0 Å². The fraction of sp³-hybridized carbons (Fsp3) is 0.900. The van der Waals surface area contributed by atoms with Gasteiger partial charge in [-0.2, -0.15) is 0 Å². The molecule has 0 aliphatic rings. The first-order valence-electron chi connectivity index (χ1n) is 5.05. The van der Waals surface area contributed by atoms with Gasteiger partial charge in [0.2, 0.25) is 0 Å². The Labute approximate surface area is 76.6 Å². The molecular formula is C10H22NO. The first-order valence-corrected chi connectivity index (χ1v) is 5.05. The third-order valence-corrected chi connectivity index (χ3v) is 2.13. The third kappa shape index (κ3) is 4.73. The number of hydrogen-bond acceptors (Lipinski definition) is 2. The summed E-state index contributed by atoms with van der Waals surface area (Å²) < 4.78 is 0. The van der Waals surface area contributed by atoms with Crippen LogP contribution < -0.4 is 0 Å². The van der Waals surface area contributed by atoms with Gasteiger partial charge in [-0.3, -0.25) is 4.90 Å². The summed E-state index contributed by atoms with van der Waals surface area (Å²) in [4.78, 5) is 2.01. The standard InChI is InChI=1S/C10H22NO/c1-4-7-8-9-10(12)11(5-2)6-3/h12H,4-9H2,1-3H3. The number of hydrogen-bond donors (Lipinski definition) is 1. The summed E-state index contributed by atoms with van der Waals surface area (Å²) in [7, 11) is 0. The molecule has 0 spiro atoms. The van der Waals surface area contributed by atoms with Gasteiger partial charge in [-0.15, -0.1) is 0 Å². The van der Waals surface area contributed by atoms with Crippen molar-refractivity contribution < 1.29 is 5.11 Å². The molecule has 0 aliphatic carbocycles. The number of aliphatic hydroxyl groups excluding tert-OH is 1. The second-order valence-corrected chi connectivity index (χ2v) is 3.05. The van der Waals surface area contributed by atoms with Gasteiger partial charge in [0.25, 0.3) is 0 Å². The van der Waals surface area contributed by atoms with Crippen LogP contribution in [-0.2, 0) is 0 Å². The predicted molar refractivity (Wildman–Crippen MR) is 52.2 cm³/mol. The lowest BCUT2D eigenvalue weighted by molar-refractivity contribution is 0.109. The molecule has 0 heterocycles. The molecule has 0 unspecified atom stereocenters. The Hall–Kier alpha value is -0.0800. The van der Waals surface area contributed by atoms with Crippen LogP contribution in [-0.4, -0.2) is 23.1 Å². The van der Waals surface area contributed by atoms with Crippen LogP contribution in [0.3, 0.4) is 0 Å². The van der Waals surface area contributed by atoms with Crippen LogP contribution in [0.1, 0.15) is 46.5 Å². The smallest absolute Gasteiger partial charge is 0.161 e. The van der Waals surface area contributed by atoms with Gasteiger partial charge in [-0.25, -0.2) is 0 Å². The van der Waals surface area contributed by atoms with Crippen LogP contribution in [0.5, 0.6) is 0 Å². The molecule has 0 aliphatic heterocycles. The van der Waals surface area contributed by atoms with E-state index in [1.54, 1.807) is 0 Å². The topological polar surface area (TPSA) is 23.5 Å². The maximum atomic E-state index is 9.58. The minimum Gasteiger partial charge on any atom is -0.371 e. The first-order chi connectivity index (χ1) is 5.76. The lowest BCUT2D eigenvalue weighted by Crippen LogP contribution is -2.28. The summed E-state index contributed by atoms with van der Waals surface area (Å²) in [6.07, 6.45) is 4.94. The van der Waals surface area contributed by atoms with E-state index < -0.39 is 0 Å². The molecule has 0 fully saturated rings. The van der Waals surface area contributed by atoms with E-state index in [9.17, 15) is 5.11 Å². The third-order valence-electron chi connectivity index (χ3n) is 2.13. The minimum absolute atomic E-state index is 0.563. The molecule has 12 heavy (non-hydrogen) atoms. The summed E-state index contributed by atoms with van der Waals surface area (Å²) in [5.74, 6) is 0. The summed E-state index contributed by atoms with van der Waals surface area (Å²) in [5, 5.41) is 9.58. The highest BCUT2D eigenvalue weighted by Gasteiger charge is 2.11. The van der Waals surface area contributed by atoms with E-state index in [1.807, 2.05) is 4.90 Å². The highest BCUT2D eigenvalue weighted by molar-refractivity contribution is 4.74. The first kappa shape index (κ1) is 11.9. The molecule has 2 nitrogen and oxygen atoms in total. The van der Waals surface area contributed by atoms with Crippen molar-refractivity contribution in [3.8, 4) is 0 Å². The predicted octanol–water partition coefficient (Wildman–Crippen LogP) is 2.77. The fourth-order valence-corrected chi connectivity index (χ4v) is 1.28. The van der Waals surface area contributed by atoms with Gasteiger partial charge in [0.15, 0.2) is 6.23 Å². The van der Waals surface area contributed by atoms with Crippen molar-refractivity contribution in [3.05, 3.63) is 6.23 Å². The molecule has 1 N–H and O–H groups in total. The van der Waals surface area contributed by atoms with E-state index in [2.05, 4.69) is 20.8 Å². The van der Waals surface area contributed by atoms with Gasteiger partial charge in [0.1, 0.15) is 0 Å². The van der Waals surface area contributed by atoms with Gasteiger partial charge in [0.05, 0.1) is 0 Å². The van der Waals surface area contributed by atoms with E-state index in [-0.39, 0.29) is 0 Å². The maximum absolute atomic E-state index is 9.58. The van der Waals surface area contributed by atoms with Crippen molar-refractivity contribution in [2.24, 2.45) is 0 Å². The molecule has 1 radical (unpaired) electrons. The van der Waals surface area contributed by atoms with Crippen molar-refractivity contribution in [2.45, 2.75) is 46.5 Å². The SMILES string of the molecule is CCCCC[C](O)N(CC)CC. The summed E-state index contributed by atoms with van der Waals surface area (Å²) in [6, 6.07) is 0. The summed E-state index contributed by atoms with van der Waals surface area (Å²) >= 11 is 0. The minimum atomic E-state index is 0.563. The molecule has 0 bridgehead atoms. The molecular weight excluding hydrogens is 150 g/mol. The number of rotatable bonds is 7. The number of unbranched alkanes of at least 4 members (excludes halogenated alkanes) is 2. The molecule has 0 aromatic carbocycles. The number of aliphatic hydroxyl groups is 1. The molecule has 0 aromatic rings.